The Labute approximate surface area is 111 Å². The van der Waals surface area contributed by atoms with Crippen molar-refractivity contribution in [1.82, 2.24) is 5.32 Å². The fourth-order valence-electron chi connectivity index (χ4n) is 2.59. The zero-order chi connectivity index (χ0) is 12.3. The van der Waals surface area contributed by atoms with E-state index in [1.165, 1.54) is 5.56 Å². The van der Waals surface area contributed by atoms with Crippen molar-refractivity contribution < 1.29 is 0 Å². The second-order valence-electron chi connectivity index (χ2n) is 4.79. The lowest BCUT2D eigenvalue weighted by molar-refractivity contribution is 0.239. The van der Waals surface area contributed by atoms with Crippen LogP contribution in [0.1, 0.15) is 31.2 Å². The molecular formula is C14H17BrN2. The number of halogens is 1. The predicted octanol–water partition coefficient (Wildman–Crippen LogP) is 3.45. The SMILES string of the molecule is CC(c1ccc(Br)cc1)C1(C#N)CCNCC1. The van der Waals surface area contributed by atoms with Crippen molar-refractivity contribution >= 4 is 15.9 Å². The molecule has 1 saturated heterocycles. The van der Waals surface area contributed by atoms with Gasteiger partial charge in [0.05, 0.1) is 11.5 Å². The smallest absolute Gasteiger partial charge is 0.0697 e. The maximum atomic E-state index is 9.54. The van der Waals surface area contributed by atoms with Crippen molar-refractivity contribution in [1.29, 1.82) is 5.26 Å². The van der Waals surface area contributed by atoms with Gasteiger partial charge < -0.3 is 5.32 Å². The first kappa shape index (κ1) is 12.6. The summed E-state index contributed by atoms with van der Waals surface area (Å²) < 4.78 is 1.09. The van der Waals surface area contributed by atoms with E-state index in [0.717, 1.165) is 30.4 Å². The number of piperidine rings is 1. The number of nitrogens with zero attached hydrogens (tertiary/aromatic N) is 1. The van der Waals surface area contributed by atoms with Gasteiger partial charge in [0.15, 0.2) is 0 Å². The second kappa shape index (κ2) is 5.20. The van der Waals surface area contributed by atoms with Crippen LogP contribution in [0, 0.1) is 16.7 Å². The molecule has 0 aliphatic carbocycles. The minimum atomic E-state index is -0.195. The minimum Gasteiger partial charge on any atom is -0.317 e. The van der Waals surface area contributed by atoms with Gasteiger partial charge in [-0.3, -0.25) is 0 Å². The van der Waals surface area contributed by atoms with Gasteiger partial charge in [-0.2, -0.15) is 5.26 Å². The van der Waals surface area contributed by atoms with E-state index in [1.54, 1.807) is 0 Å². The molecule has 2 nitrogen and oxygen atoms in total. The van der Waals surface area contributed by atoms with Crippen LogP contribution in [0.2, 0.25) is 0 Å². The molecule has 1 aliphatic rings. The average Bonchev–Trinajstić information content (AvgIpc) is 2.39. The van der Waals surface area contributed by atoms with E-state index >= 15 is 0 Å². The highest BCUT2D eigenvalue weighted by Gasteiger charge is 2.38. The first-order valence-corrected chi connectivity index (χ1v) is 6.85. The van der Waals surface area contributed by atoms with Crippen LogP contribution in [0.25, 0.3) is 0 Å². The quantitative estimate of drug-likeness (QED) is 0.906. The summed E-state index contributed by atoms with van der Waals surface area (Å²) >= 11 is 3.45. The summed E-state index contributed by atoms with van der Waals surface area (Å²) in [7, 11) is 0. The maximum absolute atomic E-state index is 9.54. The van der Waals surface area contributed by atoms with Crippen LogP contribution in [0.5, 0.6) is 0 Å². The second-order valence-corrected chi connectivity index (χ2v) is 5.71. The molecule has 2 rings (SSSR count). The molecule has 0 radical (unpaired) electrons. The number of hydrogen-bond donors (Lipinski definition) is 1. The number of rotatable bonds is 2. The van der Waals surface area contributed by atoms with Gasteiger partial charge in [-0.25, -0.2) is 0 Å². The molecule has 1 fully saturated rings. The van der Waals surface area contributed by atoms with E-state index in [-0.39, 0.29) is 5.41 Å². The molecule has 3 heteroatoms. The van der Waals surface area contributed by atoms with Gasteiger partial charge in [-0.1, -0.05) is 35.0 Å². The van der Waals surface area contributed by atoms with Crippen LogP contribution in [0.15, 0.2) is 28.7 Å². The van der Waals surface area contributed by atoms with Crippen molar-refractivity contribution in [3.8, 4) is 6.07 Å². The minimum absolute atomic E-state index is 0.195. The molecule has 0 bridgehead atoms. The molecule has 90 valence electrons. The molecule has 1 aromatic carbocycles. The van der Waals surface area contributed by atoms with E-state index in [1.807, 2.05) is 0 Å². The average molecular weight is 293 g/mol. The number of nitriles is 1. The van der Waals surface area contributed by atoms with Crippen LogP contribution >= 0.6 is 15.9 Å². The van der Waals surface area contributed by atoms with Gasteiger partial charge in [-0.05, 0) is 49.5 Å². The third kappa shape index (κ3) is 2.53. The summed E-state index contributed by atoms with van der Waals surface area (Å²) in [5, 5.41) is 12.9. The van der Waals surface area contributed by atoms with Crippen molar-refractivity contribution in [3.05, 3.63) is 34.3 Å². The van der Waals surface area contributed by atoms with Crippen LogP contribution in [-0.2, 0) is 0 Å². The van der Waals surface area contributed by atoms with Crippen LogP contribution in [-0.4, -0.2) is 13.1 Å². The van der Waals surface area contributed by atoms with E-state index in [4.69, 9.17) is 0 Å². The summed E-state index contributed by atoms with van der Waals surface area (Å²) in [6.45, 7) is 4.08. The molecule has 0 aromatic heterocycles. The topological polar surface area (TPSA) is 35.8 Å². The lowest BCUT2D eigenvalue weighted by atomic mass is 9.68. The zero-order valence-electron chi connectivity index (χ0n) is 10.0. The highest BCUT2D eigenvalue weighted by Crippen LogP contribution is 2.42. The van der Waals surface area contributed by atoms with Gasteiger partial charge in [0, 0.05) is 4.47 Å². The standard InChI is InChI=1S/C14H17BrN2/c1-11(12-2-4-13(15)5-3-12)14(10-16)6-8-17-9-7-14/h2-5,11,17H,6-9H2,1H3. The van der Waals surface area contributed by atoms with Crippen molar-refractivity contribution in [2.75, 3.05) is 13.1 Å². The Balaban J connectivity index is 2.25. The van der Waals surface area contributed by atoms with Gasteiger partial charge in [0.25, 0.3) is 0 Å². The fourth-order valence-corrected chi connectivity index (χ4v) is 2.85. The van der Waals surface area contributed by atoms with Gasteiger partial charge in [0.2, 0.25) is 0 Å². The van der Waals surface area contributed by atoms with Gasteiger partial charge in [0.1, 0.15) is 0 Å². The van der Waals surface area contributed by atoms with E-state index in [9.17, 15) is 5.26 Å². The molecule has 0 spiro atoms. The molecule has 1 N–H and O–H groups in total. The highest BCUT2D eigenvalue weighted by molar-refractivity contribution is 9.10. The predicted molar refractivity (Wildman–Crippen MR) is 72.7 cm³/mol. The first-order valence-electron chi connectivity index (χ1n) is 6.05. The summed E-state index contributed by atoms with van der Waals surface area (Å²) in [4.78, 5) is 0. The Morgan fingerprint density at radius 2 is 1.88 bits per heavy atom. The lowest BCUT2D eigenvalue weighted by Gasteiger charge is -2.36. The van der Waals surface area contributed by atoms with Crippen molar-refractivity contribution in [2.24, 2.45) is 5.41 Å². The molecule has 1 aliphatic heterocycles. The maximum Gasteiger partial charge on any atom is 0.0697 e. The Morgan fingerprint density at radius 1 is 1.29 bits per heavy atom. The molecule has 0 amide bonds. The molecular weight excluding hydrogens is 276 g/mol. The fraction of sp³-hybridized carbons (Fsp3) is 0.500. The van der Waals surface area contributed by atoms with Crippen molar-refractivity contribution in [3.63, 3.8) is 0 Å². The largest absolute Gasteiger partial charge is 0.317 e. The summed E-state index contributed by atoms with van der Waals surface area (Å²) in [6, 6.07) is 10.9. The summed E-state index contributed by atoms with van der Waals surface area (Å²) in [5.74, 6) is 0.294. The van der Waals surface area contributed by atoms with E-state index < -0.39 is 0 Å². The van der Waals surface area contributed by atoms with E-state index in [0.29, 0.717) is 5.92 Å². The summed E-state index contributed by atoms with van der Waals surface area (Å²) in [5.41, 5.74) is 1.07. The van der Waals surface area contributed by atoms with Crippen LogP contribution < -0.4 is 5.32 Å². The number of hydrogen-bond acceptors (Lipinski definition) is 2. The van der Waals surface area contributed by atoms with Gasteiger partial charge in [-0.15, -0.1) is 0 Å². The normalized spacial score (nSPS) is 20.5. The molecule has 1 atom stereocenters. The van der Waals surface area contributed by atoms with Crippen LogP contribution in [0.3, 0.4) is 0 Å². The lowest BCUT2D eigenvalue weighted by Crippen LogP contribution is -2.39. The van der Waals surface area contributed by atoms with Crippen LogP contribution in [0.4, 0.5) is 0 Å². The Bertz CT molecular complexity index is 413. The number of benzene rings is 1. The highest BCUT2D eigenvalue weighted by atomic mass is 79.9. The molecule has 1 heterocycles. The molecule has 1 unspecified atom stereocenters. The van der Waals surface area contributed by atoms with Gasteiger partial charge >= 0.3 is 0 Å². The molecule has 17 heavy (non-hydrogen) atoms. The third-order valence-corrected chi connectivity index (χ3v) is 4.45. The van der Waals surface area contributed by atoms with E-state index in [2.05, 4.69) is 58.5 Å². The first-order chi connectivity index (χ1) is 8.18. The number of nitrogens with one attached hydrogen (secondary N) is 1. The monoisotopic (exact) mass is 292 g/mol. The van der Waals surface area contributed by atoms with Crippen molar-refractivity contribution in [2.45, 2.75) is 25.7 Å². The molecule has 1 aromatic rings. The Hall–Kier alpha value is -0.850. The zero-order valence-corrected chi connectivity index (χ0v) is 11.6. The Morgan fingerprint density at radius 3 is 2.41 bits per heavy atom. The third-order valence-electron chi connectivity index (χ3n) is 3.92. The summed E-state index contributed by atoms with van der Waals surface area (Å²) in [6.07, 6.45) is 1.89. The Kier molecular flexibility index (Phi) is 3.86. The molecule has 0 saturated carbocycles.